The van der Waals surface area contributed by atoms with Crippen LogP contribution < -0.4 is 5.32 Å². The predicted molar refractivity (Wildman–Crippen MR) is 63.9 cm³/mol. The van der Waals surface area contributed by atoms with E-state index in [-0.39, 0.29) is 0 Å². The van der Waals surface area contributed by atoms with Crippen LogP contribution in [0, 0.1) is 5.41 Å². The summed E-state index contributed by atoms with van der Waals surface area (Å²) >= 11 is 1.89. The minimum Gasteiger partial charge on any atom is -0.362 e. The molecule has 0 radical (unpaired) electrons. The zero-order valence-corrected chi connectivity index (χ0v) is 10.2. The first kappa shape index (κ1) is 10.3. The summed E-state index contributed by atoms with van der Waals surface area (Å²) in [6, 6.07) is 1.20. The average molecular weight is 212 g/mol. The summed E-state index contributed by atoms with van der Waals surface area (Å²) in [4.78, 5) is 4.79. The lowest BCUT2D eigenvalue weighted by Gasteiger charge is -2.22. The zero-order valence-electron chi connectivity index (χ0n) is 9.34. The number of nitrogens with one attached hydrogen (secondary N) is 1. The third kappa shape index (κ3) is 2.08. The van der Waals surface area contributed by atoms with Crippen LogP contribution in [0.1, 0.15) is 40.0 Å². The number of hydrogen-bond acceptors (Lipinski definition) is 2. The van der Waals surface area contributed by atoms with E-state index in [0.29, 0.717) is 17.5 Å². The van der Waals surface area contributed by atoms with E-state index >= 15 is 0 Å². The lowest BCUT2D eigenvalue weighted by atomic mass is 10.1. The Bertz CT molecular complexity index is 252. The summed E-state index contributed by atoms with van der Waals surface area (Å²) in [5.41, 5.74) is 0.510. The molecule has 0 aromatic heterocycles. The predicted octanol–water partition coefficient (Wildman–Crippen LogP) is 2.65. The van der Waals surface area contributed by atoms with Crippen molar-refractivity contribution in [2.24, 2.45) is 10.4 Å². The SMILES string of the molecule is CCC1(C)CC1N=C1NC(C)CCS1. The molecule has 1 aliphatic carbocycles. The van der Waals surface area contributed by atoms with Gasteiger partial charge in [0.05, 0.1) is 6.04 Å². The molecule has 3 unspecified atom stereocenters. The van der Waals surface area contributed by atoms with Crippen LogP contribution in [-0.4, -0.2) is 23.0 Å². The molecule has 2 nitrogen and oxygen atoms in total. The highest BCUT2D eigenvalue weighted by atomic mass is 32.2. The van der Waals surface area contributed by atoms with Crippen molar-refractivity contribution in [1.29, 1.82) is 0 Å². The maximum Gasteiger partial charge on any atom is 0.157 e. The molecule has 0 aromatic rings. The second-order valence-electron chi connectivity index (χ2n) is 4.84. The molecule has 0 spiro atoms. The van der Waals surface area contributed by atoms with Crippen LogP contribution in [0.3, 0.4) is 0 Å². The van der Waals surface area contributed by atoms with Crippen molar-refractivity contribution in [1.82, 2.24) is 5.32 Å². The number of rotatable bonds is 2. The smallest absolute Gasteiger partial charge is 0.157 e. The van der Waals surface area contributed by atoms with Crippen molar-refractivity contribution in [3.63, 3.8) is 0 Å². The lowest BCUT2D eigenvalue weighted by molar-refractivity contribution is 0.526. The summed E-state index contributed by atoms with van der Waals surface area (Å²) in [7, 11) is 0. The summed E-state index contributed by atoms with van der Waals surface area (Å²) < 4.78 is 0. The fourth-order valence-electron chi connectivity index (χ4n) is 1.84. The van der Waals surface area contributed by atoms with E-state index in [1.165, 1.54) is 30.2 Å². The minimum absolute atomic E-state index is 0.510. The van der Waals surface area contributed by atoms with Gasteiger partial charge in [-0.15, -0.1) is 0 Å². The summed E-state index contributed by atoms with van der Waals surface area (Å²) in [6.07, 6.45) is 3.80. The van der Waals surface area contributed by atoms with Gasteiger partial charge in [-0.3, -0.25) is 4.99 Å². The van der Waals surface area contributed by atoms with Crippen LogP contribution >= 0.6 is 11.8 Å². The molecule has 2 aliphatic rings. The lowest BCUT2D eigenvalue weighted by Crippen LogP contribution is -2.35. The molecule has 1 heterocycles. The van der Waals surface area contributed by atoms with E-state index in [1.54, 1.807) is 0 Å². The highest BCUT2D eigenvalue weighted by molar-refractivity contribution is 8.13. The van der Waals surface area contributed by atoms with Crippen molar-refractivity contribution in [3.8, 4) is 0 Å². The van der Waals surface area contributed by atoms with Crippen LogP contribution in [0.2, 0.25) is 0 Å². The quantitative estimate of drug-likeness (QED) is 0.761. The van der Waals surface area contributed by atoms with Crippen LogP contribution in [-0.2, 0) is 0 Å². The van der Waals surface area contributed by atoms with Crippen molar-refractivity contribution in [3.05, 3.63) is 0 Å². The van der Waals surface area contributed by atoms with E-state index in [4.69, 9.17) is 4.99 Å². The third-order valence-electron chi connectivity index (χ3n) is 3.54. The Morgan fingerprint density at radius 2 is 2.43 bits per heavy atom. The zero-order chi connectivity index (χ0) is 10.2. The Morgan fingerprint density at radius 3 is 3.00 bits per heavy atom. The molecule has 1 saturated carbocycles. The maximum absolute atomic E-state index is 4.79. The van der Waals surface area contributed by atoms with Gasteiger partial charge in [-0.2, -0.15) is 0 Å². The molecule has 1 N–H and O–H groups in total. The van der Waals surface area contributed by atoms with Gasteiger partial charge in [0.2, 0.25) is 0 Å². The van der Waals surface area contributed by atoms with Gasteiger partial charge >= 0.3 is 0 Å². The molecule has 0 amide bonds. The van der Waals surface area contributed by atoms with Gasteiger partial charge in [0.1, 0.15) is 0 Å². The first-order chi connectivity index (χ1) is 6.64. The fraction of sp³-hybridized carbons (Fsp3) is 0.909. The van der Waals surface area contributed by atoms with Crippen LogP contribution in [0.25, 0.3) is 0 Å². The molecule has 2 rings (SSSR count). The average Bonchev–Trinajstić information content (AvgIpc) is 2.78. The van der Waals surface area contributed by atoms with E-state index in [1.807, 2.05) is 11.8 Å². The van der Waals surface area contributed by atoms with Crippen LogP contribution in [0.4, 0.5) is 0 Å². The van der Waals surface area contributed by atoms with Crippen LogP contribution in [0.15, 0.2) is 4.99 Å². The van der Waals surface area contributed by atoms with Gasteiger partial charge in [-0.05, 0) is 31.6 Å². The second-order valence-corrected chi connectivity index (χ2v) is 5.93. The number of amidine groups is 1. The van der Waals surface area contributed by atoms with Gasteiger partial charge < -0.3 is 5.32 Å². The highest BCUT2D eigenvalue weighted by Gasteiger charge is 2.48. The standard InChI is InChI=1S/C11H20N2S/c1-4-11(3)7-9(11)13-10-12-8(2)5-6-14-10/h8-9H,4-7H2,1-3H3,(H,12,13). The van der Waals surface area contributed by atoms with E-state index < -0.39 is 0 Å². The molecular weight excluding hydrogens is 192 g/mol. The molecule has 1 saturated heterocycles. The normalized spacial score (nSPS) is 44.9. The molecule has 3 atom stereocenters. The fourth-order valence-corrected chi connectivity index (χ4v) is 2.99. The van der Waals surface area contributed by atoms with Gasteiger partial charge in [-0.1, -0.05) is 25.6 Å². The summed E-state index contributed by atoms with van der Waals surface area (Å²) in [5, 5.41) is 4.65. The van der Waals surface area contributed by atoms with Gasteiger partial charge in [0.15, 0.2) is 5.17 Å². The van der Waals surface area contributed by atoms with E-state index in [9.17, 15) is 0 Å². The number of thioether (sulfide) groups is 1. The van der Waals surface area contributed by atoms with Gasteiger partial charge in [0, 0.05) is 11.8 Å². The van der Waals surface area contributed by atoms with Crippen molar-refractivity contribution >= 4 is 16.9 Å². The first-order valence-electron chi connectivity index (χ1n) is 5.61. The van der Waals surface area contributed by atoms with Gasteiger partial charge in [0.25, 0.3) is 0 Å². The number of hydrogen-bond donors (Lipinski definition) is 1. The Balaban J connectivity index is 1.92. The van der Waals surface area contributed by atoms with E-state index in [2.05, 4.69) is 26.1 Å². The molecule has 0 aromatic carbocycles. The van der Waals surface area contributed by atoms with Crippen LogP contribution in [0.5, 0.6) is 0 Å². The van der Waals surface area contributed by atoms with Crippen molar-refractivity contribution in [2.75, 3.05) is 5.75 Å². The van der Waals surface area contributed by atoms with Gasteiger partial charge in [-0.25, -0.2) is 0 Å². The molecule has 14 heavy (non-hydrogen) atoms. The second kappa shape index (κ2) is 3.76. The molecule has 80 valence electrons. The summed E-state index contributed by atoms with van der Waals surface area (Å²) in [6.45, 7) is 6.85. The van der Waals surface area contributed by atoms with Crippen molar-refractivity contribution in [2.45, 2.75) is 52.1 Å². The topological polar surface area (TPSA) is 24.4 Å². The molecule has 1 aliphatic heterocycles. The third-order valence-corrected chi connectivity index (χ3v) is 4.48. The Morgan fingerprint density at radius 1 is 1.64 bits per heavy atom. The van der Waals surface area contributed by atoms with E-state index in [0.717, 1.165) is 0 Å². The Labute approximate surface area is 90.9 Å². The Kier molecular flexibility index (Phi) is 2.78. The Hall–Kier alpha value is -0.180. The maximum atomic E-state index is 4.79. The number of nitrogens with zero attached hydrogens (tertiary/aromatic N) is 1. The van der Waals surface area contributed by atoms with Crippen molar-refractivity contribution < 1.29 is 0 Å². The number of aliphatic imine (C=N–C) groups is 1. The highest BCUT2D eigenvalue weighted by Crippen LogP contribution is 2.51. The minimum atomic E-state index is 0.510. The first-order valence-corrected chi connectivity index (χ1v) is 6.60. The summed E-state index contributed by atoms with van der Waals surface area (Å²) in [5.74, 6) is 1.22. The monoisotopic (exact) mass is 212 g/mol. The largest absolute Gasteiger partial charge is 0.362 e. The molecule has 2 fully saturated rings. The molecular formula is C11H20N2S. The molecule has 0 bridgehead atoms. The molecule has 3 heteroatoms.